The van der Waals surface area contributed by atoms with E-state index in [0.29, 0.717) is 6.54 Å². The number of carbonyl (C=O) groups excluding carboxylic acids is 1. The first-order chi connectivity index (χ1) is 9.19. The molecule has 1 aromatic heterocycles. The molecule has 0 spiro atoms. The van der Waals surface area contributed by atoms with E-state index in [4.69, 9.17) is 17.4 Å². The van der Waals surface area contributed by atoms with Crippen molar-refractivity contribution in [3.63, 3.8) is 0 Å². The van der Waals surface area contributed by atoms with Gasteiger partial charge in [0.1, 0.15) is 0 Å². The van der Waals surface area contributed by atoms with Crippen molar-refractivity contribution in [2.45, 2.75) is 11.4 Å². The summed E-state index contributed by atoms with van der Waals surface area (Å²) < 4.78 is 1.60. The van der Waals surface area contributed by atoms with Crippen LogP contribution < -0.4 is 11.3 Å². The van der Waals surface area contributed by atoms with Gasteiger partial charge < -0.3 is 0 Å². The molecule has 0 bridgehead atoms. The number of nitrogens with zero attached hydrogens (tertiary/aromatic N) is 3. The topological polar surface area (TPSA) is 85.8 Å². The SMILES string of the molecule is NNC(=O)c1cn(CCSc2ccc(Cl)cc2)nn1. The van der Waals surface area contributed by atoms with Crippen molar-refractivity contribution >= 4 is 29.3 Å². The maximum absolute atomic E-state index is 11.2. The zero-order valence-electron chi connectivity index (χ0n) is 9.91. The number of aryl methyl sites for hydroxylation is 1. The smallest absolute Gasteiger partial charge is 0.287 e. The maximum Gasteiger partial charge on any atom is 0.287 e. The zero-order chi connectivity index (χ0) is 13.7. The van der Waals surface area contributed by atoms with E-state index in [1.165, 1.54) is 0 Å². The van der Waals surface area contributed by atoms with Crippen molar-refractivity contribution in [1.29, 1.82) is 0 Å². The molecular weight excluding hydrogens is 286 g/mol. The predicted molar refractivity (Wildman–Crippen MR) is 73.9 cm³/mol. The van der Waals surface area contributed by atoms with Gasteiger partial charge in [0.05, 0.1) is 12.7 Å². The average Bonchev–Trinajstić information content (AvgIpc) is 2.89. The molecule has 0 aliphatic heterocycles. The number of hydrogen-bond acceptors (Lipinski definition) is 5. The Balaban J connectivity index is 1.84. The fourth-order valence-corrected chi connectivity index (χ4v) is 2.34. The van der Waals surface area contributed by atoms with Gasteiger partial charge in [0, 0.05) is 15.7 Å². The normalized spacial score (nSPS) is 10.4. The molecule has 3 N–H and O–H groups in total. The molecular formula is C11H12ClN5OS. The summed E-state index contributed by atoms with van der Waals surface area (Å²) in [6, 6.07) is 7.62. The number of nitrogens with one attached hydrogen (secondary N) is 1. The lowest BCUT2D eigenvalue weighted by molar-refractivity contribution is 0.0948. The monoisotopic (exact) mass is 297 g/mol. The highest BCUT2D eigenvalue weighted by Gasteiger charge is 2.08. The van der Waals surface area contributed by atoms with Crippen LogP contribution in [-0.2, 0) is 6.54 Å². The van der Waals surface area contributed by atoms with Crippen molar-refractivity contribution in [2.75, 3.05) is 5.75 Å². The Labute approximate surface area is 119 Å². The third-order valence-electron chi connectivity index (χ3n) is 2.31. The number of carbonyl (C=O) groups is 1. The summed E-state index contributed by atoms with van der Waals surface area (Å²) in [6.45, 7) is 0.651. The fourth-order valence-electron chi connectivity index (χ4n) is 1.37. The number of nitrogen functional groups attached to an aromatic ring is 1. The lowest BCUT2D eigenvalue weighted by Crippen LogP contribution is -2.30. The number of benzene rings is 1. The van der Waals surface area contributed by atoms with Crippen molar-refractivity contribution in [2.24, 2.45) is 5.84 Å². The van der Waals surface area contributed by atoms with E-state index in [1.54, 1.807) is 22.6 Å². The van der Waals surface area contributed by atoms with Crippen molar-refractivity contribution in [3.05, 3.63) is 41.2 Å². The highest BCUT2D eigenvalue weighted by molar-refractivity contribution is 7.99. The number of rotatable bonds is 5. The minimum atomic E-state index is -0.448. The molecule has 6 nitrogen and oxygen atoms in total. The van der Waals surface area contributed by atoms with Crippen LogP contribution in [0, 0.1) is 0 Å². The molecule has 2 rings (SSSR count). The van der Waals surface area contributed by atoms with E-state index < -0.39 is 5.91 Å². The Hall–Kier alpha value is -1.57. The molecule has 0 saturated carbocycles. The highest BCUT2D eigenvalue weighted by Crippen LogP contribution is 2.20. The fraction of sp³-hybridized carbons (Fsp3) is 0.182. The van der Waals surface area contributed by atoms with Crippen LogP contribution in [-0.4, -0.2) is 26.7 Å². The first-order valence-electron chi connectivity index (χ1n) is 5.48. The summed E-state index contributed by atoms with van der Waals surface area (Å²) in [5.41, 5.74) is 2.22. The van der Waals surface area contributed by atoms with Gasteiger partial charge >= 0.3 is 0 Å². The van der Waals surface area contributed by atoms with E-state index in [-0.39, 0.29) is 5.69 Å². The van der Waals surface area contributed by atoms with Gasteiger partial charge in [-0.25, -0.2) is 5.84 Å². The molecule has 0 saturated heterocycles. The Bertz CT molecular complexity index is 556. The van der Waals surface area contributed by atoms with Gasteiger partial charge in [-0.3, -0.25) is 14.9 Å². The third-order valence-corrected chi connectivity index (χ3v) is 3.55. The largest absolute Gasteiger partial charge is 0.289 e. The first kappa shape index (κ1) is 13.9. The number of hydrazine groups is 1. The van der Waals surface area contributed by atoms with E-state index >= 15 is 0 Å². The molecule has 1 amide bonds. The van der Waals surface area contributed by atoms with Crippen LogP contribution in [0.15, 0.2) is 35.4 Å². The van der Waals surface area contributed by atoms with E-state index in [9.17, 15) is 4.79 Å². The molecule has 1 aromatic carbocycles. The lowest BCUT2D eigenvalue weighted by Gasteiger charge is -2.01. The lowest BCUT2D eigenvalue weighted by atomic mass is 10.4. The van der Waals surface area contributed by atoms with Crippen LogP contribution in [0.4, 0.5) is 0 Å². The molecule has 0 atom stereocenters. The second-order valence-electron chi connectivity index (χ2n) is 3.64. The van der Waals surface area contributed by atoms with Crippen molar-refractivity contribution < 1.29 is 4.79 Å². The molecule has 8 heteroatoms. The van der Waals surface area contributed by atoms with Gasteiger partial charge in [-0.05, 0) is 24.3 Å². The van der Waals surface area contributed by atoms with E-state index in [2.05, 4.69) is 10.3 Å². The van der Waals surface area contributed by atoms with Crippen molar-refractivity contribution in [1.82, 2.24) is 20.4 Å². The Morgan fingerprint density at radius 1 is 1.42 bits per heavy atom. The van der Waals surface area contributed by atoms with Gasteiger partial charge in [0.15, 0.2) is 5.69 Å². The zero-order valence-corrected chi connectivity index (χ0v) is 11.5. The van der Waals surface area contributed by atoms with Gasteiger partial charge in [-0.1, -0.05) is 16.8 Å². The molecule has 100 valence electrons. The standard InChI is InChI=1S/C11H12ClN5OS/c12-8-1-3-9(4-2-8)19-6-5-17-7-10(15-16-17)11(18)14-13/h1-4,7H,5-6,13H2,(H,14,18). The number of thioether (sulfide) groups is 1. The van der Waals surface area contributed by atoms with Gasteiger partial charge in [0.25, 0.3) is 5.91 Å². The quantitative estimate of drug-likeness (QED) is 0.376. The van der Waals surface area contributed by atoms with Gasteiger partial charge in [-0.2, -0.15) is 0 Å². The van der Waals surface area contributed by atoms with Crippen LogP contribution >= 0.6 is 23.4 Å². The molecule has 19 heavy (non-hydrogen) atoms. The van der Waals surface area contributed by atoms with Crippen LogP contribution in [0.1, 0.15) is 10.5 Å². The summed E-state index contributed by atoms with van der Waals surface area (Å²) in [5.74, 6) is 5.38. The van der Waals surface area contributed by atoms with Crippen molar-refractivity contribution in [3.8, 4) is 0 Å². The minimum Gasteiger partial charge on any atom is -0.289 e. The molecule has 0 fully saturated rings. The summed E-state index contributed by atoms with van der Waals surface area (Å²) in [4.78, 5) is 12.3. The number of nitrogens with two attached hydrogens (primary N) is 1. The number of halogens is 1. The molecule has 2 aromatic rings. The Kier molecular flexibility index (Phi) is 4.78. The van der Waals surface area contributed by atoms with Crippen LogP contribution in [0.25, 0.3) is 0 Å². The van der Waals surface area contributed by atoms with E-state index in [0.717, 1.165) is 15.7 Å². The molecule has 0 unspecified atom stereocenters. The van der Waals surface area contributed by atoms with Crippen LogP contribution in [0.3, 0.4) is 0 Å². The molecule has 0 radical (unpaired) electrons. The predicted octanol–water partition coefficient (Wildman–Crippen LogP) is 1.33. The Morgan fingerprint density at radius 3 is 2.84 bits per heavy atom. The number of hydrogen-bond donors (Lipinski definition) is 2. The number of amides is 1. The highest BCUT2D eigenvalue weighted by atomic mass is 35.5. The molecule has 0 aliphatic carbocycles. The molecule has 0 aliphatic rings. The van der Waals surface area contributed by atoms with Crippen LogP contribution in [0.2, 0.25) is 5.02 Å². The second-order valence-corrected chi connectivity index (χ2v) is 5.25. The summed E-state index contributed by atoms with van der Waals surface area (Å²) in [6.07, 6.45) is 1.56. The van der Waals surface area contributed by atoms with Crippen LogP contribution in [0.5, 0.6) is 0 Å². The second kappa shape index (κ2) is 6.55. The van der Waals surface area contributed by atoms with Gasteiger partial charge in [-0.15, -0.1) is 16.9 Å². The maximum atomic E-state index is 11.2. The Morgan fingerprint density at radius 2 is 2.16 bits per heavy atom. The summed E-state index contributed by atoms with van der Waals surface area (Å²) in [7, 11) is 0. The summed E-state index contributed by atoms with van der Waals surface area (Å²) in [5, 5.41) is 8.29. The minimum absolute atomic E-state index is 0.207. The average molecular weight is 298 g/mol. The van der Waals surface area contributed by atoms with E-state index in [1.807, 2.05) is 29.7 Å². The summed E-state index contributed by atoms with van der Waals surface area (Å²) >= 11 is 7.48. The molecule has 1 heterocycles. The third kappa shape index (κ3) is 3.95. The van der Waals surface area contributed by atoms with Gasteiger partial charge in [0.2, 0.25) is 0 Å². The number of aromatic nitrogens is 3. The first-order valence-corrected chi connectivity index (χ1v) is 6.85.